The Hall–Kier alpha value is -6.65. The second kappa shape index (κ2) is 32.3. The van der Waals surface area contributed by atoms with Gasteiger partial charge in [0.2, 0.25) is 35.7 Å². The van der Waals surface area contributed by atoms with Crippen LogP contribution < -0.4 is 31.9 Å². The summed E-state index contributed by atoms with van der Waals surface area (Å²) in [5, 5.41) is 45.9. The first kappa shape index (κ1) is 47.4. The molecule has 0 unspecified atom stereocenters. The molecule has 0 atom stereocenters. The van der Waals surface area contributed by atoms with Crippen LogP contribution in [0.2, 0.25) is 0 Å². The van der Waals surface area contributed by atoms with E-state index in [1.54, 1.807) is 0 Å². The van der Waals surface area contributed by atoms with Gasteiger partial charge in [-0.3, -0.25) is 0 Å². The van der Waals surface area contributed by atoms with Gasteiger partial charge < -0.3 is 42.1 Å². The second-order valence-electron chi connectivity index (χ2n) is 10.6. The van der Waals surface area contributed by atoms with Crippen LogP contribution >= 0.6 is 0 Å². The topological polar surface area (TPSA) is 336 Å². The van der Waals surface area contributed by atoms with Crippen LogP contribution in [0.25, 0.3) is 31.3 Å². The predicted molar refractivity (Wildman–Crippen MR) is 210 cm³/mol. The minimum Gasteiger partial charge on any atom is -0.396 e. The summed E-state index contributed by atoms with van der Waals surface area (Å²) in [6, 6.07) is 0. The number of hydrogen-bond donors (Lipinski definition) is 8. The van der Waals surface area contributed by atoms with Gasteiger partial charge in [-0.15, -0.1) is 19.3 Å². The van der Waals surface area contributed by atoms with Crippen molar-refractivity contribution in [2.24, 2.45) is 20.8 Å². The third-order valence-electron chi connectivity index (χ3n) is 6.58. The van der Waals surface area contributed by atoms with Gasteiger partial charge >= 0.3 is 0 Å². The number of nitrogens with zero attached hydrogens (tertiary/aromatic N) is 15. The van der Waals surface area contributed by atoms with Gasteiger partial charge in [0.15, 0.2) is 0 Å². The zero-order chi connectivity index (χ0) is 40.1. The van der Waals surface area contributed by atoms with E-state index in [1.165, 1.54) is 0 Å². The van der Waals surface area contributed by atoms with Crippen LogP contribution in [0.4, 0.5) is 35.7 Å². The Labute approximate surface area is 314 Å². The van der Waals surface area contributed by atoms with Crippen LogP contribution in [0.3, 0.4) is 0 Å². The zero-order valence-corrected chi connectivity index (χ0v) is 30.6. The normalized spacial score (nSPS) is 9.50. The summed E-state index contributed by atoms with van der Waals surface area (Å²) >= 11 is 0. The number of aliphatic hydroxyl groups excluding tert-OH is 2. The van der Waals surface area contributed by atoms with Crippen molar-refractivity contribution >= 4 is 35.7 Å². The molecule has 0 bridgehead atoms. The van der Waals surface area contributed by atoms with E-state index < -0.39 is 5.41 Å². The van der Waals surface area contributed by atoms with Gasteiger partial charge in [0, 0.05) is 59.4 Å². The summed E-state index contributed by atoms with van der Waals surface area (Å²) in [6.45, 7) is 7.52. The summed E-state index contributed by atoms with van der Waals surface area (Å²) in [5.41, 5.74) is 23.9. The number of aliphatic hydroxyl groups is 2. The van der Waals surface area contributed by atoms with Crippen molar-refractivity contribution in [3.63, 3.8) is 0 Å². The molecule has 0 radical (unpaired) electrons. The van der Waals surface area contributed by atoms with Gasteiger partial charge in [-0.1, -0.05) is 53.4 Å². The highest BCUT2D eigenvalue weighted by Gasteiger charge is 2.25. The Morgan fingerprint density at radius 2 is 0.907 bits per heavy atom. The van der Waals surface area contributed by atoms with E-state index >= 15 is 0 Å². The third-order valence-corrected chi connectivity index (χ3v) is 6.58. The SMILES string of the molecule is C#CCNc1nc(NCC#C)nc(NCC#C)n1.CCC(CO)(CO)CN=[N+]=[N-].CCCCNc1nc(NCCCN=[N+]=[N-])nc(NCCCN=[N+]=[N-])n1. The van der Waals surface area contributed by atoms with Crippen LogP contribution in [0.15, 0.2) is 15.3 Å². The zero-order valence-electron chi connectivity index (χ0n) is 30.6. The number of azide groups is 3. The molecule has 0 fully saturated rings. The number of terminal acetylenes is 3. The number of aromatic nitrogens is 6. The lowest BCUT2D eigenvalue weighted by molar-refractivity contribution is 0.0586. The Morgan fingerprint density at radius 1 is 0.574 bits per heavy atom. The van der Waals surface area contributed by atoms with Crippen molar-refractivity contribution in [3.8, 4) is 37.0 Å². The summed E-state index contributed by atoms with van der Waals surface area (Å²) in [5.74, 6) is 9.72. The third kappa shape index (κ3) is 22.9. The molecule has 0 aliphatic rings. The fourth-order valence-electron chi connectivity index (χ4n) is 3.45. The van der Waals surface area contributed by atoms with Gasteiger partial charge in [-0.05, 0) is 42.3 Å². The minimum atomic E-state index is -0.633. The smallest absolute Gasteiger partial charge is 0.230 e. The van der Waals surface area contributed by atoms with Crippen molar-refractivity contribution in [2.45, 2.75) is 46.0 Å². The Kier molecular flexibility index (Phi) is 28.3. The first-order valence-corrected chi connectivity index (χ1v) is 16.8. The molecule has 23 nitrogen and oxygen atoms in total. The van der Waals surface area contributed by atoms with E-state index in [0.717, 1.165) is 19.4 Å². The number of hydrogen-bond acceptors (Lipinski definition) is 17. The molecule has 0 aliphatic heterocycles. The van der Waals surface area contributed by atoms with E-state index in [9.17, 15) is 0 Å². The maximum absolute atomic E-state index is 8.86. The largest absolute Gasteiger partial charge is 0.396 e. The molecule has 2 heterocycles. The molecule has 0 aromatic carbocycles. The predicted octanol–water partition coefficient (Wildman–Crippen LogP) is 3.99. The van der Waals surface area contributed by atoms with Gasteiger partial charge in [0.1, 0.15) is 0 Å². The van der Waals surface area contributed by atoms with E-state index in [0.29, 0.717) is 101 Å². The van der Waals surface area contributed by atoms with Crippen molar-refractivity contribution in [1.82, 2.24) is 29.9 Å². The highest BCUT2D eigenvalue weighted by molar-refractivity contribution is 5.44. The summed E-state index contributed by atoms with van der Waals surface area (Å²) < 4.78 is 0. The second-order valence-corrected chi connectivity index (χ2v) is 10.6. The summed E-state index contributed by atoms with van der Waals surface area (Å²) in [4.78, 5) is 33.2. The van der Waals surface area contributed by atoms with Gasteiger partial charge in [0.25, 0.3) is 0 Å². The number of rotatable bonds is 25. The lowest BCUT2D eigenvalue weighted by atomic mass is 9.87. The molecule has 0 saturated heterocycles. The fraction of sp³-hybridized carbons (Fsp3) is 0.613. The van der Waals surface area contributed by atoms with Crippen LogP contribution in [0, 0.1) is 42.4 Å². The fourth-order valence-corrected chi connectivity index (χ4v) is 3.45. The molecule has 8 N–H and O–H groups in total. The number of unbranched alkanes of at least 4 members (excludes halogenated alkanes) is 1. The van der Waals surface area contributed by atoms with Crippen LogP contribution in [0.5, 0.6) is 0 Å². The molecular formula is C31H49N21O2. The van der Waals surface area contributed by atoms with Gasteiger partial charge in [-0.25, -0.2) is 0 Å². The lowest BCUT2D eigenvalue weighted by Gasteiger charge is -2.25. The van der Waals surface area contributed by atoms with E-state index in [-0.39, 0.29) is 19.8 Å². The van der Waals surface area contributed by atoms with E-state index in [2.05, 4.69) is 117 Å². The monoisotopic (exact) mass is 747 g/mol. The van der Waals surface area contributed by atoms with Crippen molar-refractivity contribution in [2.75, 3.05) is 104 Å². The standard InChI is InChI=1S/C13H24N12.C12H12N6.C6H13N3O2/c1-2-3-6-16-11-21-12(17-7-4-9-19-24-14)23-13(22-11)18-8-5-10-20-25-15;1-4-7-13-10-16-11(14-8-5-2)18-12(17-10)15-9-6-3;1-2-6(4-10,5-11)3-8-9-7/h2-10H2,1H3,(H3,16,17,18,21,22,23);1-3H,7-9H2,(H3,13,14,15,16,17,18);10-11H,2-5H2,1H3. The Balaban J connectivity index is 0.000000845. The maximum atomic E-state index is 8.86. The molecule has 0 amide bonds. The van der Waals surface area contributed by atoms with Crippen molar-refractivity contribution in [1.29, 1.82) is 0 Å². The Bertz CT molecular complexity index is 1470. The maximum Gasteiger partial charge on any atom is 0.230 e. The molecule has 0 spiro atoms. The summed E-state index contributed by atoms with van der Waals surface area (Å²) in [6.07, 6.45) is 19.5. The van der Waals surface area contributed by atoms with E-state index in [1.807, 2.05) is 6.92 Å². The van der Waals surface area contributed by atoms with Crippen molar-refractivity contribution in [3.05, 3.63) is 31.3 Å². The molecule has 23 heteroatoms. The molecule has 290 valence electrons. The van der Waals surface area contributed by atoms with Crippen molar-refractivity contribution < 1.29 is 10.2 Å². The van der Waals surface area contributed by atoms with Gasteiger partial charge in [-0.2, -0.15) is 29.9 Å². The molecule has 0 saturated carbocycles. The number of anilines is 6. The van der Waals surface area contributed by atoms with Crippen LogP contribution in [0.1, 0.15) is 46.0 Å². The first-order valence-electron chi connectivity index (χ1n) is 16.8. The highest BCUT2D eigenvalue weighted by atomic mass is 16.3. The van der Waals surface area contributed by atoms with Gasteiger partial charge in [0.05, 0.1) is 32.8 Å². The van der Waals surface area contributed by atoms with Crippen LogP contribution in [-0.2, 0) is 0 Å². The average Bonchev–Trinajstić information content (AvgIpc) is 3.19. The summed E-state index contributed by atoms with van der Waals surface area (Å²) in [7, 11) is 0. The lowest BCUT2D eigenvalue weighted by Crippen LogP contribution is -2.32. The molecule has 0 aliphatic carbocycles. The van der Waals surface area contributed by atoms with E-state index in [4.69, 9.17) is 46.1 Å². The van der Waals surface area contributed by atoms with Crippen LogP contribution in [-0.4, -0.2) is 112 Å². The minimum absolute atomic E-state index is 0.146. The molecule has 2 rings (SSSR count). The molecule has 2 aromatic rings. The highest BCUT2D eigenvalue weighted by Crippen LogP contribution is 2.20. The first-order chi connectivity index (χ1) is 26.3. The number of nitrogens with one attached hydrogen (secondary N) is 6. The Morgan fingerprint density at radius 3 is 1.19 bits per heavy atom. The molecule has 54 heavy (non-hydrogen) atoms. The molecular weight excluding hydrogens is 698 g/mol. The average molecular weight is 748 g/mol. The quantitative estimate of drug-likeness (QED) is 0.0234. The molecule has 2 aromatic heterocycles.